The van der Waals surface area contributed by atoms with Gasteiger partial charge >= 0.3 is 35.5 Å². The number of carbonyl (C=O) groups is 1. The van der Waals surface area contributed by atoms with E-state index in [9.17, 15) is 17.8 Å². The molecule has 0 saturated carbocycles. The third-order valence-corrected chi connectivity index (χ3v) is 4.70. The summed E-state index contributed by atoms with van der Waals surface area (Å²) >= 11 is 0. The summed E-state index contributed by atoms with van der Waals surface area (Å²) in [5.41, 5.74) is 0. The SMILES string of the molecule is CCCCCCC(CCCC)COC(=O)c1ccc(CS(=O)(=O)[O-])o1.[Na+]. The Morgan fingerprint density at radius 1 is 1.12 bits per heavy atom. The van der Waals surface area contributed by atoms with Crippen LogP contribution in [0.2, 0.25) is 0 Å². The number of hydrogen-bond donors (Lipinski definition) is 0. The Morgan fingerprint density at radius 3 is 2.38 bits per heavy atom. The number of hydrogen-bond acceptors (Lipinski definition) is 6. The first kappa shape index (κ1) is 25.7. The molecule has 1 atom stereocenters. The Labute approximate surface area is 179 Å². The summed E-state index contributed by atoms with van der Waals surface area (Å²) in [4.78, 5) is 12.0. The molecule has 26 heavy (non-hydrogen) atoms. The average molecular weight is 396 g/mol. The van der Waals surface area contributed by atoms with Gasteiger partial charge in [-0.15, -0.1) is 0 Å². The van der Waals surface area contributed by atoms with Crippen LogP contribution in [0.5, 0.6) is 0 Å². The number of unbranched alkanes of at least 4 members (excludes halogenated alkanes) is 4. The van der Waals surface area contributed by atoms with Crippen LogP contribution in [-0.2, 0) is 20.6 Å². The van der Waals surface area contributed by atoms with E-state index in [0.29, 0.717) is 12.5 Å². The van der Waals surface area contributed by atoms with Gasteiger partial charge in [0.2, 0.25) is 5.76 Å². The van der Waals surface area contributed by atoms with Gasteiger partial charge in [-0.1, -0.05) is 52.4 Å². The van der Waals surface area contributed by atoms with E-state index in [0.717, 1.165) is 32.1 Å². The minimum absolute atomic E-state index is 0. The van der Waals surface area contributed by atoms with Crippen LogP contribution >= 0.6 is 0 Å². The molecule has 1 unspecified atom stereocenters. The van der Waals surface area contributed by atoms with Crippen molar-refractivity contribution < 1.29 is 56.5 Å². The van der Waals surface area contributed by atoms with Crippen molar-refractivity contribution in [1.82, 2.24) is 0 Å². The fourth-order valence-electron chi connectivity index (χ4n) is 2.67. The molecule has 1 rings (SSSR count). The number of ether oxygens (including phenoxy) is 1. The van der Waals surface area contributed by atoms with Crippen molar-refractivity contribution in [3.8, 4) is 0 Å². The maximum atomic E-state index is 12.0. The topological polar surface area (TPSA) is 96.6 Å². The monoisotopic (exact) mass is 396 g/mol. The zero-order valence-electron chi connectivity index (χ0n) is 16.2. The Hall–Kier alpha value is -0.340. The molecule has 144 valence electrons. The molecule has 0 aliphatic rings. The van der Waals surface area contributed by atoms with E-state index in [4.69, 9.17) is 9.15 Å². The minimum Gasteiger partial charge on any atom is -0.748 e. The summed E-state index contributed by atoms with van der Waals surface area (Å²) < 4.78 is 42.6. The van der Waals surface area contributed by atoms with Gasteiger partial charge in [0, 0.05) is 0 Å². The largest absolute Gasteiger partial charge is 1.00 e. The first-order valence-corrected chi connectivity index (χ1v) is 10.6. The van der Waals surface area contributed by atoms with Crippen LogP contribution < -0.4 is 29.6 Å². The van der Waals surface area contributed by atoms with Crippen molar-refractivity contribution in [1.29, 1.82) is 0 Å². The molecule has 0 fully saturated rings. The van der Waals surface area contributed by atoms with E-state index in [1.807, 2.05) is 0 Å². The molecule has 1 heterocycles. The van der Waals surface area contributed by atoms with Gasteiger partial charge in [0.25, 0.3) is 0 Å². The summed E-state index contributed by atoms with van der Waals surface area (Å²) in [6.45, 7) is 4.64. The maximum absolute atomic E-state index is 12.0. The molecule has 0 aliphatic carbocycles. The van der Waals surface area contributed by atoms with Crippen LogP contribution in [0.4, 0.5) is 0 Å². The van der Waals surface area contributed by atoms with Gasteiger partial charge in [-0.3, -0.25) is 0 Å². The zero-order valence-corrected chi connectivity index (χ0v) is 19.0. The number of carbonyl (C=O) groups excluding carboxylic acids is 1. The van der Waals surface area contributed by atoms with E-state index in [1.54, 1.807) is 0 Å². The van der Waals surface area contributed by atoms with Crippen LogP contribution in [0, 0.1) is 5.92 Å². The van der Waals surface area contributed by atoms with Gasteiger partial charge in [0.15, 0.2) is 0 Å². The van der Waals surface area contributed by atoms with Crippen LogP contribution in [0.25, 0.3) is 0 Å². The maximum Gasteiger partial charge on any atom is 1.00 e. The molecule has 6 nitrogen and oxygen atoms in total. The molecule has 0 aromatic carbocycles. The summed E-state index contributed by atoms with van der Waals surface area (Å²) in [5.74, 6) is -1.18. The van der Waals surface area contributed by atoms with Gasteiger partial charge in [-0.05, 0) is 30.9 Å². The molecule has 0 N–H and O–H groups in total. The molecule has 0 radical (unpaired) electrons. The normalized spacial score (nSPS) is 12.4. The smallest absolute Gasteiger partial charge is 0.748 e. The second-order valence-corrected chi connectivity index (χ2v) is 7.83. The van der Waals surface area contributed by atoms with Crippen molar-refractivity contribution in [3.05, 3.63) is 23.7 Å². The predicted molar refractivity (Wildman–Crippen MR) is 94.2 cm³/mol. The molecule has 0 saturated heterocycles. The Bertz CT molecular complexity index is 611. The molecule has 0 bridgehead atoms. The summed E-state index contributed by atoms with van der Waals surface area (Å²) in [5, 5.41) is 0. The molecule has 0 aliphatic heterocycles. The van der Waals surface area contributed by atoms with Crippen LogP contribution in [0.1, 0.15) is 81.5 Å². The molecular formula is C18H29NaO6S. The van der Waals surface area contributed by atoms with E-state index < -0.39 is 21.8 Å². The molecule has 1 aromatic heterocycles. The Balaban J connectivity index is 0.00000625. The van der Waals surface area contributed by atoms with Crippen LogP contribution in [0.3, 0.4) is 0 Å². The van der Waals surface area contributed by atoms with Crippen molar-refractivity contribution in [2.45, 2.75) is 71.0 Å². The number of furan rings is 1. The molecule has 0 amide bonds. The number of esters is 1. The predicted octanol–water partition coefficient (Wildman–Crippen LogP) is 1.26. The summed E-state index contributed by atoms with van der Waals surface area (Å²) in [6, 6.07) is 2.65. The standard InChI is InChI=1S/C18H30O6S.Na/c1-3-5-7-8-10-15(9-6-4-2)13-23-18(19)17-12-11-16(24-17)14-25(20,21)22;/h11-12,15H,3-10,13-14H2,1-2H3,(H,20,21,22);/q;+1/p-1. The van der Waals surface area contributed by atoms with E-state index in [1.165, 1.54) is 31.4 Å². The second-order valence-electron chi connectivity index (χ2n) is 6.42. The molecule has 1 aromatic rings. The van der Waals surface area contributed by atoms with Crippen molar-refractivity contribution in [3.63, 3.8) is 0 Å². The first-order valence-electron chi connectivity index (χ1n) is 9.05. The van der Waals surface area contributed by atoms with Gasteiger partial charge in [-0.2, -0.15) is 0 Å². The van der Waals surface area contributed by atoms with E-state index >= 15 is 0 Å². The van der Waals surface area contributed by atoms with E-state index in [2.05, 4.69) is 13.8 Å². The molecular weight excluding hydrogens is 367 g/mol. The van der Waals surface area contributed by atoms with Gasteiger partial charge in [0.05, 0.1) is 12.4 Å². The fourth-order valence-corrected chi connectivity index (χ4v) is 3.17. The van der Waals surface area contributed by atoms with Crippen LogP contribution in [0.15, 0.2) is 16.5 Å². The summed E-state index contributed by atoms with van der Waals surface area (Å²) in [6.07, 6.45) is 8.99. The fraction of sp³-hybridized carbons (Fsp3) is 0.722. The Kier molecular flexibility index (Phi) is 13.6. The van der Waals surface area contributed by atoms with Crippen LogP contribution in [-0.4, -0.2) is 25.5 Å². The molecule has 8 heteroatoms. The van der Waals surface area contributed by atoms with Gasteiger partial charge < -0.3 is 13.7 Å². The van der Waals surface area contributed by atoms with Crippen molar-refractivity contribution in [2.75, 3.05) is 6.61 Å². The quantitative estimate of drug-likeness (QED) is 0.216. The van der Waals surface area contributed by atoms with Crippen molar-refractivity contribution in [2.24, 2.45) is 5.92 Å². The third-order valence-electron chi connectivity index (χ3n) is 4.06. The number of rotatable bonds is 13. The molecule has 0 spiro atoms. The Morgan fingerprint density at radius 2 is 1.77 bits per heavy atom. The third kappa shape index (κ3) is 11.4. The van der Waals surface area contributed by atoms with Gasteiger partial charge in [0.1, 0.15) is 15.9 Å². The van der Waals surface area contributed by atoms with Gasteiger partial charge in [-0.25, -0.2) is 13.2 Å². The first-order chi connectivity index (χ1) is 11.9. The minimum atomic E-state index is -4.44. The van der Waals surface area contributed by atoms with E-state index in [-0.39, 0.29) is 41.1 Å². The summed E-state index contributed by atoms with van der Waals surface area (Å²) in [7, 11) is -4.44. The zero-order chi connectivity index (χ0) is 18.7. The second kappa shape index (κ2) is 13.8. The van der Waals surface area contributed by atoms with Crippen molar-refractivity contribution >= 4 is 16.1 Å². The average Bonchev–Trinajstić information content (AvgIpc) is 2.99.